The van der Waals surface area contributed by atoms with Gasteiger partial charge in [0.15, 0.2) is 17.5 Å². The average Bonchev–Trinajstić information content (AvgIpc) is 2.97. The van der Waals surface area contributed by atoms with Gasteiger partial charge in [-0.25, -0.2) is 4.99 Å². The van der Waals surface area contributed by atoms with Crippen molar-refractivity contribution in [3.05, 3.63) is 17.7 Å². The fraction of sp³-hybridized carbons (Fsp3) is 0.636. The highest BCUT2D eigenvalue weighted by atomic mass is 16.5. The molecule has 1 aliphatic heterocycles. The van der Waals surface area contributed by atoms with Crippen LogP contribution in [0, 0.1) is 0 Å². The topological polar surface area (TPSA) is 84.4 Å². The van der Waals surface area contributed by atoms with E-state index < -0.39 is 0 Å². The third-order valence-corrected chi connectivity index (χ3v) is 5.06. The van der Waals surface area contributed by atoms with Crippen LogP contribution in [0.5, 0.6) is 17.2 Å². The Labute approximate surface area is 180 Å². The number of benzene rings is 1. The van der Waals surface area contributed by atoms with Crippen LogP contribution in [0.3, 0.4) is 0 Å². The SMILES string of the molecule is CCNC(=NCc1cc(OC)c(OC)c(OC)c1)NCCCN1CCCCCC1=O. The maximum Gasteiger partial charge on any atom is 0.222 e. The second-order valence-corrected chi connectivity index (χ2v) is 7.20. The van der Waals surface area contributed by atoms with E-state index in [9.17, 15) is 4.79 Å². The van der Waals surface area contributed by atoms with Crippen molar-refractivity contribution in [1.82, 2.24) is 15.5 Å². The zero-order valence-corrected chi connectivity index (χ0v) is 18.8. The second kappa shape index (κ2) is 12.8. The zero-order chi connectivity index (χ0) is 21.8. The quantitative estimate of drug-likeness (QED) is 0.344. The van der Waals surface area contributed by atoms with Gasteiger partial charge in [-0.3, -0.25) is 4.79 Å². The Bertz CT molecular complexity index is 683. The Kier molecular flexibility index (Phi) is 10.1. The van der Waals surface area contributed by atoms with Crippen molar-refractivity contribution in [2.75, 3.05) is 47.5 Å². The molecule has 8 nitrogen and oxygen atoms in total. The van der Waals surface area contributed by atoms with E-state index >= 15 is 0 Å². The minimum absolute atomic E-state index is 0.287. The van der Waals surface area contributed by atoms with Gasteiger partial charge in [0.2, 0.25) is 11.7 Å². The van der Waals surface area contributed by atoms with Crippen LogP contribution in [-0.4, -0.2) is 64.3 Å². The number of amides is 1. The Morgan fingerprint density at radius 2 is 1.80 bits per heavy atom. The van der Waals surface area contributed by atoms with Crippen molar-refractivity contribution in [2.24, 2.45) is 4.99 Å². The summed E-state index contributed by atoms with van der Waals surface area (Å²) in [4.78, 5) is 18.8. The maximum atomic E-state index is 12.1. The molecule has 0 aliphatic carbocycles. The molecule has 8 heteroatoms. The van der Waals surface area contributed by atoms with E-state index in [2.05, 4.69) is 15.6 Å². The molecule has 1 saturated heterocycles. The number of rotatable bonds is 10. The van der Waals surface area contributed by atoms with Gasteiger partial charge in [0, 0.05) is 32.6 Å². The van der Waals surface area contributed by atoms with Gasteiger partial charge in [-0.1, -0.05) is 6.42 Å². The number of hydrogen-bond donors (Lipinski definition) is 2. The lowest BCUT2D eigenvalue weighted by Gasteiger charge is -2.20. The molecule has 1 amide bonds. The van der Waals surface area contributed by atoms with Gasteiger partial charge >= 0.3 is 0 Å². The number of carbonyl (C=O) groups excluding carboxylic acids is 1. The highest BCUT2D eigenvalue weighted by Crippen LogP contribution is 2.38. The molecule has 1 aromatic carbocycles. The van der Waals surface area contributed by atoms with E-state index in [0.29, 0.717) is 30.2 Å². The molecule has 0 saturated carbocycles. The number of likely N-dealkylation sites (tertiary alicyclic amines) is 1. The van der Waals surface area contributed by atoms with Gasteiger partial charge < -0.3 is 29.7 Å². The van der Waals surface area contributed by atoms with E-state index in [-0.39, 0.29) is 5.91 Å². The maximum absolute atomic E-state index is 12.1. The first-order chi connectivity index (χ1) is 14.6. The van der Waals surface area contributed by atoms with Crippen molar-refractivity contribution in [3.63, 3.8) is 0 Å². The van der Waals surface area contributed by atoms with Crippen molar-refractivity contribution >= 4 is 11.9 Å². The third-order valence-electron chi connectivity index (χ3n) is 5.06. The van der Waals surface area contributed by atoms with Crippen LogP contribution >= 0.6 is 0 Å². The number of aliphatic imine (C=N–C) groups is 1. The lowest BCUT2D eigenvalue weighted by molar-refractivity contribution is -0.130. The molecule has 1 heterocycles. The molecular formula is C22H36N4O4. The molecule has 30 heavy (non-hydrogen) atoms. The Morgan fingerprint density at radius 3 is 2.43 bits per heavy atom. The first-order valence-electron chi connectivity index (χ1n) is 10.7. The molecule has 1 fully saturated rings. The number of nitrogens with zero attached hydrogens (tertiary/aromatic N) is 2. The van der Waals surface area contributed by atoms with Crippen LogP contribution in [0.2, 0.25) is 0 Å². The largest absolute Gasteiger partial charge is 0.493 e. The molecule has 2 rings (SSSR count). The number of hydrogen-bond acceptors (Lipinski definition) is 5. The summed E-state index contributed by atoms with van der Waals surface area (Å²) < 4.78 is 16.2. The van der Waals surface area contributed by atoms with Crippen LogP contribution < -0.4 is 24.8 Å². The standard InChI is InChI=1S/C22H36N4O4/c1-5-23-22(24-11-9-13-26-12-8-6-7-10-20(26)27)25-16-17-14-18(28-2)21(30-4)19(15-17)29-3/h14-15H,5-13,16H2,1-4H3,(H2,23,24,25). The lowest BCUT2D eigenvalue weighted by atomic mass is 10.2. The smallest absolute Gasteiger partial charge is 0.222 e. The molecule has 0 aromatic heterocycles. The van der Waals surface area contributed by atoms with E-state index in [1.165, 1.54) is 0 Å². The summed E-state index contributed by atoms with van der Waals surface area (Å²) in [5.74, 6) is 2.83. The molecule has 0 unspecified atom stereocenters. The molecule has 0 atom stereocenters. The van der Waals surface area contributed by atoms with Gasteiger partial charge in [0.25, 0.3) is 0 Å². The van der Waals surface area contributed by atoms with E-state index in [4.69, 9.17) is 14.2 Å². The van der Waals surface area contributed by atoms with Gasteiger partial charge in [0.05, 0.1) is 27.9 Å². The molecular weight excluding hydrogens is 384 g/mol. The predicted molar refractivity (Wildman–Crippen MR) is 119 cm³/mol. The van der Waals surface area contributed by atoms with Crippen LogP contribution in [0.1, 0.15) is 44.6 Å². The Balaban J connectivity index is 1.93. The highest BCUT2D eigenvalue weighted by molar-refractivity contribution is 5.79. The highest BCUT2D eigenvalue weighted by Gasteiger charge is 2.16. The number of nitrogens with one attached hydrogen (secondary N) is 2. The first kappa shape index (κ1) is 23.6. The van der Waals surface area contributed by atoms with Crippen LogP contribution in [0.4, 0.5) is 0 Å². The zero-order valence-electron chi connectivity index (χ0n) is 18.8. The van der Waals surface area contributed by atoms with Crippen molar-refractivity contribution < 1.29 is 19.0 Å². The van der Waals surface area contributed by atoms with Gasteiger partial charge in [-0.15, -0.1) is 0 Å². The van der Waals surface area contributed by atoms with Gasteiger partial charge in [-0.05, 0) is 43.9 Å². The minimum Gasteiger partial charge on any atom is -0.493 e. The summed E-state index contributed by atoms with van der Waals surface area (Å²) in [6.45, 7) is 5.70. The van der Waals surface area contributed by atoms with Crippen LogP contribution in [-0.2, 0) is 11.3 Å². The van der Waals surface area contributed by atoms with Gasteiger partial charge in [0.1, 0.15) is 0 Å². The normalized spacial score (nSPS) is 14.9. The lowest BCUT2D eigenvalue weighted by Crippen LogP contribution is -2.39. The Morgan fingerprint density at radius 1 is 1.07 bits per heavy atom. The summed E-state index contributed by atoms with van der Waals surface area (Å²) in [5, 5.41) is 6.62. The first-order valence-corrected chi connectivity index (χ1v) is 10.7. The monoisotopic (exact) mass is 420 g/mol. The molecule has 2 N–H and O–H groups in total. The molecule has 168 valence electrons. The molecule has 1 aliphatic rings. The average molecular weight is 421 g/mol. The van der Waals surface area contributed by atoms with Crippen molar-refractivity contribution in [1.29, 1.82) is 0 Å². The minimum atomic E-state index is 0.287. The van der Waals surface area contributed by atoms with Crippen molar-refractivity contribution in [3.8, 4) is 17.2 Å². The van der Waals surface area contributed by atoms with E-state index in [1.807, 2.05) is 24.0 Å². The summed E-state index contributed by atoms with van der Waals surface area (Å²) >= 11 is 0. The number of guanidine groups is 1. The fourth-order valence-electron chi connectivity index (χ4n) is 3.49. The number of methoxy groups -OCH3 is 3. The molecule has 0 spiro atoms. The number of ether oxygens (including phenoxy) is 3. The fourth-order valence-corrected chi connectivity index (χ4v) is 3.49. The molecule has 0 radical (unpaired) electrons. The summed E-state index contributed by atoms with van der Waals surface area (Å²) in [5.41, 5.74) is 0.955. The van der Waals surface area contributed by atoms with Crippen molar-refractivity contribution in [2.45, 2.75) is 45.6 Å². The van der Waals surface area contributed by atoms with Crippen LogP contribution in [0.25, 0.3) is 0 Å². The van der Waals surface area contributed by atoms with Gasteiger partial charge in [-0.2, -0.15) is 0 Å². The molecule has 0 bridgehead atoms. The summed E-state index contributed by atoms with van der Waals surface area (Å²) in [7, 11) is 4.79. The molecule has 1 aromatic rings. The van der Waals surface area contributed by atoms with Crippen LogP contribution in [0.15, 0.2) is 17.1 Å². The number of carbonyl (C=O) groups is 1. The predicted octanol–water partition coefficient (Wildman–Crippen LogP) is 2.56. The second-order valence-electron chi connectivity index (χ2n) is 7.20. The third kappa shape index (κ3) is 7.00. The summed E-state index contributed by atoms with van der Waals surface area (Å²) in [6.07, 6.45) is 4.86. The Hall–Kier alpha value is -2.64. The summed E-state index contributed by atoms with van der Waals surface area (Å²) in [6, 6.07) is 3.80. The van der Waals surface area contributed by atoms with E-state index in [0.717, 1.165) is 63.4 Å². The van der Waals surface area contributed by atoms with E-state index in [1.54, 1.807) is 21.3 Å².